The van der Waals surface area contributed by atoms with Crippen molar-refractivity contribution in [1.82, 2.24) is 14.8 Å². The zero-order valence-corrected chi connectivity index (χ0v) is 17.3. The predicted molar refractivity (Wildman–Crippen MR) is 118 cm³/mol. The molecular formula is C25H23N3O2. The Labute approximate surface area is 175 Å². The van der Waals surface area contributed by atoms with Gasteiger partial charge in [0.1, 0.15) is 0 Å². The summed E-state index contributed by atoms with van der Waals surface area (Å²) in [4.78, 5) is 17.9. The van der Waals surface area contributed by atoms with Crippen LogP contribution in [0, 0.1) is 20.8 Å². The topological polar surface area (TPSA) is 57.0 Å². The molecule has 5 nitrogen and oxygen atoms in total. The van der Waals surface area contributed by atoms with Crippen LogP contribution < -0.4 is 5.56 Å². The Morgan fingerprint density at radius 1 is 0.933 bits per heavy atom. The maximum atomic E-state index is 13.5. The van der Waals surface area contributed by atoms with Gasteiger partial charge in [-0.1, -0.05) is 29.8 Å². The molecule has 3 heterocycles. The van der Waals surface area contributed by atoms with E-state index in [2.05, 4.69) is 49.2 Å². The molecule has 0 spiro atoms. The fraction of sp³-hybridized carbons (Fsp3) is 0.240. The fourth-order valence-corrected chi connectivity index (χ4v) is 3.80. The highest BCUT2D eigenvalue weighted by Crippen LogP contribution is 2.28. The first-order chi connectivity index (χ1) is 14.5. The first-order valence-electron chi connectivity index (χ1n) is 10.2. The molecule has 0 amide bonds. The highest BCUT2D eigenvalue weighted by Gasteiger charge is 2.23. The van der Waals surface area contributed by atoms with Gasteiger partial charge in [-0.2, -0.15) is 9.78 Å². The van der Waals surface area contributed by atoms with Crippen LogP contribution in [0.25, 0.3) is 27.7 Å². The summed E-state index contributed by atoms with van der Waals surface area (Å²) in [6.45, 7) is 7.50. The van der Waals surface area contributed by atoms with Gasteiger partial charge >= 0.3 is 0 Å². The number of hydrogen-bond acceptors (Lipinski definition) is 4. The molecule has 0 saturated carbocycles. The second kappa shape index (κ2) is 7.18. The van der Waals surface area contributed by atoms with E-state index in [0.717, 1.165) is 39.2 Å². The Bertz CT molecular complexity index is 1320. The Hall–Kier alpha value is -3.31. The van der Waals surface area contributed by atoms with Gasteiger partial charge < -0.3 is 4.74 Å². The second-order valence-corrected chi connectivity index (χ2v) is 8.09. The van der Waals surface area contributed by atoms with E-state index in [-0.39, 0.29) is 11.5 Å². The molecule has 4 aromatic rings. The maximum Gasteiger partial charge on any atom is 0.279 e. The lowest BCUT2D eigenvalue weighted by Crippen LogP contribution is -2.27. The number of hydrogen-bond donors (Lipinski definition) is 0. The van der Waals surface area contributed by atoms with Gasteiger partial charge in [0.25, 0.3) is 5.56 Å². The normalized spacial score (nSPS) is 14.1. The summed E-state index contributed by atoms with van der Waals surface area (Å²) < 4.78 is 6.81. The van der Waals surface area contributed by atoms with E-state index in [0.29, 0.717) is 18.6 Å². The van der Waals surface area contributed by atoms with Crippen LogP contribution >= 0.6 is 0 Å². The number of ether oxygens (including phenoxy) is 1. The summed E-state index contributed by atoms with van der Waals surface area (Å²) in [7, 11) is 0. The third kappa shape index (κ3) is 3.12. The van der Waals surface area contributed by atoms with Crippen molar-refractivity contribution in [3.8, 4) is 16.9 Å². The summed E-state index contributed by atoms with van der Waals surface area (Å²) in [5, 5.41) is 6.39. The summed E-state index contributed by atoms with van der Waals surface area (Å²) in [5.41, 5.74) is 6.76. The number of aromatic nitrogens is 3. The average Bonchev–Trinajstić information content (AvgIpc) is 2.70. The van der Waals surface area contributed by atoms with Crippen molar-refractivity contribution in [3.05, 3.63) is 87.5 Å². The Kier molecular flexibility index (Phi) is 4.48. The number of nitrogens with zero attached hydrogens (tertiary/aromatic N) is 3. The third-order valence-electron chi connectivity index (χ3n) is 5.90. The van der Waals surface area contributed by atoms with E-state index >= 15 is 0 Å². The first kappa shape index (κ1) is 18.7. The molecule has 2 aromatic carbocycles. The number of benzene rings is 2. The molecule has 0 unspecified atom stereocenters. The standard InChI is InChI=1S/C25H23N3O2/c1-15-4-6-18(7-5-15)24-21-10-16(2)17(3)11-22(21)25(29)28(27-24)20-8-9-26-23(12-20)19-13-30-14-19/h4-12,19H,13-14H2,1-3H3. The van der Waals surface area contributed by atoms with Gasteiger partial charge in [-0.05, 0) is 56.2 Å². The van der Waals surface area contributed by atoms with Crippen LogP contribution in [0.1, 0.15) is 28.3 Å². The summed E-state index contributed by atoms with van der Waals surface area (Å²) in [6.07, 6.45) is 1.74. The lowest BCUT2D eigenvalue weighted by molar-refractivity contribution is 0.00671. The van der Waals surface area contributed by atoms with Crippen LogP contribution in [-0.2, 0) is 4.74 Å². The smallest absolute Gasteiger partial charge is 0.279 e. The van der Waals surface area contributed by atoms with Crippen molar-refractivity contribution >= 4 is 10.8 Å². The van der Waals surface area contributed by atoms with Crippen LogP contribution in [0.5, 0.6) is 0 Å². The second-order valence-electron chi connectivity index (χ2n) is 8.09. The molecule has 0 aliphatic carbocycles. The molecule has 1 aliphatic heterocycles. The zero-order valence-electron chi connectivity index (χ0n) is 17.3. The molecule has 0 N–H and O–H groups in total. The molecule has 5 heteroatoms. The molecule has 150 valence electrons. The van der Waals surface area contributed by atoms with Gasteiger partial charge in [0.15, 0.2) is 0 Å². The predicted octanol–water partition coefficient (Wildman–Crippen LogP) is 4.49. The van der Waals surface area contributed by atoms with E-state index in [4.69, 9.17) is 9.84 Å². The quantitative estimate of drug-likeness (QED) is 0.511. The van der Waals surface area contributed by atoms with Crippen molar-refractivity contribution in [2.45, 2.75) is 26.7 Å². The van der Waals surface area contributed by atoms with Gasteiger partial charge in [0.05, 0.1) is 35.7 Å². The molecule has 0 atom stereocenters. The van der Waals surface area contributed by atoms with Crippen LogP contribution in [0.15, 0.2) is 59.5 Å². The van der Waals surface area contributed by atoms with E-state index in [1.807, 2.05) is 25.1 Å². The molecule has 30 heavy (non-hydrogen) atoms. The molecular weight excluding hydrogens is 374 g/mol. The minimum atomic E-state index is -0.119. The number of pyridine rings is 1. The van der Waals surface area contributed by atoms with E-state index in [9.17, 15) is 4.79 Å². The van der Waals surface area contributed by atoms with Crippen molar-refractivity contribution in [2.24, 2.45) is 0 Å². The van der Waals surface area contributed by atoms with Crippen molar-refractivity contribution < 1.29 is 4.74 Å². The van der Waals surface area contributed by atoms with Crippen LogP contribution in [-0.4, -0.2) is 28.0 Å². The molecule has 1 fully saturated rings. The highest BCUT2D eigenvalue weighted by molar-refractivity contribution is 5.95. The van der Waals surface area contributed by atoms with E-state index in [1.54, 1.807) is 6.20 Å². The minimum absolute atomic E-state index is 0.119. The van der Waals surface area contributed by atoms with Gasteiger partial charge in [-0.15, -0.1) is 0 Å². The zero-order chi connectivity index (χ0) is 20.8. The Morgan fingerprint density at radius 3 is 2.30 bits per heavy atom. The van der Waals surface area contributed by atoms with Gasteiger partial charge in [0.2, 0.25) is 0 Å². The Balaban J connectivity index is 1.79. The largest absolute Gasteiger partial charge is 0.380 e. The monoisotopic (exact) mass is 397 g/mol. The molecule has 2 aromatic heterocycles. The van der Waals surface area contributed by atoms with E-state index < -0.39 is 0 Å². The average molecular weight is 397 g/mol. The minimum Gasteiger partial charge on any atom is -0.380 e. The van der Waals surface area contributed by atoms with Crippen molar-refractivity contribution in [1.29, 1.82) is 0 Å². The maximum absolute atomic E-state index is 13.5. The summed E-state index contributed by atoms with van der Waals surface area (Å²) >= 11 is 0. The molecule has 0 bridgehead atoms. The number of rotatable bonds is 3. The summed E-state index contributed by atoms with van der Waals surface area (Å²) in [5.74, 6) is 0.280. The lowest BCUT2D eigenvalue weighted by Gasteiger charge is -2.25. The third-order valence-corrected chi connectivity index (χ3v) is 5.90. The van der Waals surface area contributed by atoms with Gasteiger partial charge in [0, 0.05) is 23.1 Å². The van der Waals surface area contributed by atoms with E-state index in [1.165, 1.54) is 10.2 Å². The number of fused-ring (bicyclic) bond motifs is 1. The molecule has 1 saturated heterocycles. The Morgan fingerprint density at radius 2 is 1.63 bits per heavy atom. The van der Waals surface area contributed by atoms with Gasteiger partial charge in [-0.25, -0.2) is 0 Å². The number of aryl methyl sites for hydroxylation is 3. The first-order valence-corrected chi connectivity index (χ1v) is 10.2. The van der Waals surface area contributed by atoms with Crippen LogP contribution in [0.3, 0.4) is 0 Å². The van der Waals surface area contributed by atoms with Gasteiger partial charge in [-0.3, -0.25) is 9.78 Å². The SMILES string of the molecule is Cc1ccc(-c2nn(-c3ccnc(C4COC4)c3)c(=O)c3cc(C)c(C)cc23)cc1. The lowest BCUT2D eigenvalue weighted by atomic mass is 9.99. The van der Waals surface area contributed by atoms with Crippen molar-refractivity contribution in [2.75, 3.05) is 13.2 Å². The molecule has 1 aliphatic rings. The molecule has 0 radical (unpaired) electrons. The highest BCUT2D eigenvalue weighted by atomic mass is 16.5. The van der Waals surface area contributed by atoms with Crippen LogP contribution in [0.4, 0.5) is 0 Å². The molecule has 5 rings (SSSR count). The van der Waals surface area contributed by atoms with Crippen LogP contribution in [0.2, 0.25) is 0 Å². The summed E-state index contributed by atoms with van der Waals surface area (Å²) in [6, 6.07) is 16.1. The van der Waals surface area contributed by atoms with Crippen molar-refractivity contribution in [3.63, 3.8) is 0 Å². The fourth-order valence-electron chi connectivity index (χ4n) is 3.80.